The van der Waals surface area contributed by atoms with E-state index in [0.29, 0.717) is 15.8 Å². The number of hydrogen-bond acceptors (Lipinski definition) is 4. The Morgan fingerprint density at radius 2 is 1.70 bits per heavy atom. The van der Waals surface area contributed by atoms with Gasteiger partial charge in [0.2, 0.25) is 0 Å². The van der Waals surface area contributed by atoms with Crippen molar-refractivity contribution >= 4 is 40.3 Å². The van der Waals surface area contributed by atoms with Crippen LogP contribution in [0.1, 0.15) is 16.9 Å². The van der Waals surface area contributed by atoms with Crippen LogP contribution in [0.3, 0.4) is 0 Å². The van der Waals surface area contributed by atoms with E-state index in [1.807, 2.05) is 68.4 Å². The molecule has 2 aromatic carbocycles. The Morgan fingerprint density at radius 3 is 2.41 bits per heavy atom. The first-order valence-corrected chi connectivity index (χ1v) is 9.42. The number of amides is 1. The van der Waals surface area contributed by atoms with Gasteiger partial charge in [0.05, 0.1) is 22.5 Å². The van der Waals surface area contributed by atoms with Gasteiger partial charge in [-0.05, 0) is 61.0 Å². The van der Waals surface area contributed by atoms with Gasteiger partial charge in [0.1, 0.15) is 5.76 Å². The lowest BCUT2D eigenvalue weighted by atomic mass is 10.2. The third-order valence-corrected chi connectivity index (χ3v) is 5.28. The SMILES string of the molecule is Cc1ccccc1N=C1S/C(=C\c2ccco2)C(=O)N1c1ccccc1C. The van der Waals surface area contributed by atoms with Crippen molar-refractivity contribution in [3.63, 3.8) is 0 Å². The summed E-state index contributed by atoms with van der Waals surface area (Å²) in [5, 5.41) is 0.640. The number of aliphatic imine (C=N–C) groups is 1. The second-order valence-corrected chi connectivity index (χ2v) is 7.24. The molecule has 1 aromatic heterocycles. The number of hydrogen-bond donors (Lipinski definition) is 0. The number of aryl methyl sites for hydroxylation is 2. The van der Waals surface area contributed by atoms with Crippen LogP contribution in [0.25, 0.3) is 6.08 Å². The molecule has 1 saturated heterocycles. The maximum absolute atomic E-state index is 13.2. The maximum Gasteiger partial charge on any atom is 0.271 e. The predicted octanol–water partition coefficient (Wildman–Crippen LogP) is 5.71. The van der Waals surface area contributed by atoms with Crippen LogP contribution in [-0.4, -0.2) is 11.1 Å². The minimum absolute atomic E-state index is 0.0990. The van der Waals surface area contributed by atoms with Gasteiger partial charge < -0.3 is 4.42 Å². The zero-order chi connectivity index (χ0) is 18.8. The molecule has 0 radical (unpaired) electrons. The molecule has 0 aliphatic carbocycles. The summed E-state index contributed by atoms with van der Waals surface area (Å²) in [6.45, 7) is 4.01. The van der Waals surface area contributed by atoms with Crippen molar-refractivity contribution in [2.45, 2.75) is 13.8 Å². The molecule has 27 heavy (non-hydrogen) atoms. The average molecular weight is 374 g/mol. The summed E-state index contributed by atoms with van der Waals surface area (Å²) < 4.78 is 5.38. The Labute approximate surface area is 162 Å². The highest BCUT2D eigenvalue weighted by Crippen LogP contribution is 2.38. The third-order valence-electron chi connectivity index (χ3n) is 4.31. The zero-order valence-corrected chi connectivity index (χ0v) is 15.9. The highest BCUT2D eigenvalue weighted by molar-refractivity contribution is 8.19. The number of benzene rings is 2. The fraction of sp³-hybridized carbons (Fsp3) is 0.0909. The highest BCUT2D eigenvalue weighted by atomic mass is 32.2. The van der Waals surface area contributed by atoms with Crippen LogP contribution in [0.15, 0.2) is 81.2 Å². The molecule has 0 spiro atoms. The molecule has 1 fully saturated rings. The second kappa shape index (κ2) is 7.29. The van der Waals surface area contributed by atoms with Crippen LogP contribution in [0.4, 0.5) is 11.4 Å². The van der Waals surface area contributed by atoms with Gasteiger partial charge in [0.15, 0.2) is 5.17 Å². The van der Waals surface area contributed by atoms with Crippen LogP contribution >= 0.6 is 11.8 Å². The number of carbonyl (C=O) groups excluding carboxylic acids is 1. The average Bonchev–Trinajstić information content (AvgIpc) is 3.27. The molecule has 1 aliphatic rings. The zero-order valence-electron chi connectivity index (χ0n) is 15.0. The first-order chi connectivity index (χ1) is 13.1. The number of anilines is 1. The van der Waals surface area contributed by atoms with Crippen molar-refractivity contribution < 1.29 is 9.21 Å². The Kier molecular flexibility index (Phi) is 4.69. The number of furan rings is 1. The maximum atomic E-state index is 13.2. The van der Waals surface area contributed by atoms with Crippen molar-refractivity contribution in [1.29, 1.82) is 0 Å². The summed E-state index contributed by atoms with van der Waals surface area (Å²) in [5.74, 6) is 0.547. The molecular formula is C22H18N2O2S. The van der Waals surface area contributed by atoms with E-state index < -0.39 is 0 Å². The smallest absolute Gasteiger partial charge is 0.271 e. The van der Waals surface area contributed by atoms with Crippen molar-refractivity contribution in [2.24, 2.45) is 4.99 Å². The van der Waals surface area contributed by atoms with Gasteiger partial charge in [-0.3, -0.25) is 9.69 Å². The molecule has 0 saturated carbocycles. The molecule has 1 amide bonds. The van der Waals surface area contributed by atoms with Gasteiger partial charge in [-0.1, -0.05) is 36.4 Å². The summed E-state index contributed by atoms with van der Waals surface area (Å²) in [6.07, 6.45) is 3.36. The molecule has 2 heterocycles. The number of carbonyl (C=O) groups is 1. The van der Waals surface area contributed by atoms with Crippen molar-refractivity contribution in [1.82, 2.24) is 0 Å². The van der Waals surface area contributed by atoms with E-state index >= 15 is 0 Å². The number of amidine groups is 1. The van der Waals surface area contributed by atoms with Gasteiger partial charge in [0.25, 0.3) is 5.91 Å². The monoisotopic (exact) mass is 374 g/mol. The van der Waals surface area contributed by atoms with Crippen molar-refractivity contribution in [3.05, 3.63) is 88.7 Å². The van der Waals surface area contributed by atoms with E-state index in [4.69, 9.17) is 9.41 Å². The quantitative estimate of drug-likeness (QED) is 0.552. The molecule has 4 nitrogen and oxygen atoms in total. The molecule has 5 heteroatoms. The Hall–Kier alpha value is -3.05. The minimum atomic E-state index is -0.0990. The molecule has 4 rings (SSSR count). The van der Waals surface area contributed by atoms with Crippen LogP contribution < -0.4 is 4.90 Å². The van der Waals surface area contributed by atoms with Gasteiger partial charge in [-0.2, -0.15) is 0 Å². The van der Waals surface area contributed by atoms with Crippen LogP contribution in [-0.2, 0) is 4.79 Å². The molecule has 1 aliphatic heterocycles. The fourth-order valence-corrected chi connectivity index (χ4v) is 3.84. The van der Waals surface area contributed by atoms with Gasteiger partial charge >= 0.3 is 0 Å². The largest absolute Gasteiger partial charge is 0.465 e. The summed E-state index contributed by atoms with van der Waals surface area (Å²) >= 11 is 1.36. The van der Waals surface area contributed by atoms with E-state index in [1.54, 1.807) is 23.3 Å². The fourth-order valence-electron chi connectivity index (χ4n) is 2.87. The Morgan fingerprint density at radius 1 is 0.963 bits per heavy atom. The lowest BCUT2D eigenvalue weighted by Crippen LogP contribution is -2.29. The molecule has 134 valence electrons. The van der Waals surface area contributed by atoms with E-state index in [9.17, 15) is 4.79 Å². The number of rotatable bonds is 3. The predicted molar refractivity (Wildman–Crippen MR) is 111 cm³/mol. The van der Waals surface area contributed by atoms with Crippen LogP contribution in [0, 0.1) is 13.8 Å². The van der Waals surface area contributed by atoms with Gasteiger partial charge in [-0.25, -0.2) is 4.99 Å². The molecule has 0 unspecified atom stereocenters. The highest BCUT2D eigenvalue weighted by Gasteiger charge is 2.35. The first kappa shape index (κ1) is 17.4. The summed E-state index contributed by atoms with van der Waals surface area (Å²) in [6, 6.07) is 19.4. The van der Waals surface area contributed by atoms with Crippen LogP contribution in [0.2, 0.25) is 0 Å². The summed E-state index contributed by atoms with van der Waals surface area (Å²) in [7, 11) is 0. The molecule has 3 aromatic rings. The molecule has 0 N–H and O–H groups in total. The molecule has 0 bridgehead atoms. The number of para-hydroxylation sites is 2. The third kappa shape index (κ3) is 3.46. The molecule has 0 atom stereocenters. The van der Waals surface area contributed by atoms with E-state index in [1.165, 1.54) is 11.8 Å². The summed E-state index contributed by atoms with van der Waals surface area (Å²) in [4.78, 5) is 20.2. The lowest BCUT2D eigenvalue weighted by Gasteiger charge is -2.18. The standard InChI is InChI=1S/C22H18N2O2S/c1-15-8-3-5-11-18(15)23-22-24(19-12-6-4-9-16(19)2)21(25)20(27-22)14-17-10-7-13-26-17/h3-14H,1-2H3/b20-14-,23-22?. The summed E-state index contributed by atoms with van der Waals surface area (Å²) in [5.41, 5.74) is 3.77. The Balaban J connectivity index is 1.83. The second-order valence-electron chi connectivity index (χ2n) is 6.23. The number of nitrogens with zero attached hydrogens (tertiary/aromatic N) is 2. The van der Waals surface area contributed by atoms with E-state index in [0.717, 1.165) is 22.5 Å². The minimum Gasteiger partial charge on any atom is -0.465 e. The first-order valence-electron chi connectivity index (χ1n) is 8.61. The van der Waals surface area contributed by atoms with Crippen molar-refractivity contribution in [3.8, 4) is 0 Å². The Bertz CT molecular complexity index is 1050. The van der Waals surface area contributed by atoms with Crippen molar-refractivity contribution in [2.75, 3.05) is 4.90 Å². The lowest BCUT2D eigenvalue weighted by molar-refractivity contribution is -0.113. The normalized spacial score (nSPS) is 17.3. The van der Waals surface area contributed by atoms with Crippen LogP contribution in [0.5, 0.6) is 0 Å². The number of thioether (sulfide) groups is 1. The molecular weight excluding hydrogens is 356 g/mol. The van der Waals surface area contributed by atoms with E-state index in [-0.39, 0.29) is 5.91 Å². The van der Waals surface area contributed by atoms with E-state index in [2.05, 4.69) is 0 Å². The van der Waals surface area contributed by atoms with Gasteiger partial charge in [-0.15, -0.1) is 0 Å². The topological polar surface area (TPSA) is 45.8 Å². The van der Waals surface area contributed by atoms with Gasteiger partial charge in [0, 0.05) is 6.08 Å².